The second-order valence-corrected chi connectivity index (χ2v) is 5.51. The molecule has 2 rings (SSSR count). The van der Waals surface area contributed by atoms with Gasteiger partial charge in [0, 0.05) is 12.6 Å². The Morgan fingerprint density at radius 1 is 1.53 bits per heavy atom. The van der Waals surface area contributed by atoms with Gasteiger partial charge in [-0.1, -0.05) is 20.3 Å². The van der Waals surface area contributed by atoms with Crippen LogP contribution in [0.3, 0.4) is 0 Å². The van der Waals surface area contributed by atoms with Crippen LogP contribution < -0.4 is 5.73 Å². The number of nitrogens with zero attached hydrogens (tertiary/aromatic N) is 2. The zero-order chi connectivity index (χ0) is 12.6. The van der Waals surface area contributed by atoms with E-state index in [1.807, 2.05) is 27.2 Å². The maximum atomic E-state index is 13.6. The molecular formula is C12H15FIN3. The van der Waals surface area contributed by atoms with Crippen molar-refractivity contribution in [1.29, 1.82) is 0 Å². The molecule has 0 spiro atoms. The maximum Gasteiger partial charge on any atom is 0.201 e. The molecule has 2 N–H and O–H groups in total. The Kier molecular flexibility index (Phi) is 3.56. The van der Waals surface area contributed by atoms with Gasteiger partial charge in [0.25, 0.3) is 0 Å². The predicted molar refractivity (Wildman–Crippen MR) is 76.3 cm³/mol. The van der Waals surface area contributed by atoms with Gasteiger partial charge in [-0.15, -0.1) is 0 Å². The van der Waals surface area contributed by atoms with Gasteiger partial charge in [0.2, 0.25) is 5.95 Å². The summed E-state index contributed by atoms with van der Waals surface area (Å²) in [5.74, 6) is 0.738. The van der Waals surface area contributed by atoms with E-state index in [0.29, 0.717) is 15.4 Å². The highest BCUT2D eigenvalue weighted by molar-refractivity contribution is 14.1. The minimum atomic E-state index is -0.219. The summed E-state index contributed by atoms with van der Waals surface area (Å²) in [6.07, 6.45) is 1.06. The molecule has 0 saturated carbocycles. The molecule has 1 atom stereocenters. The molecule has 1 unspecified atom stereocenters. The molecule has 0 aliphatic carbocycles. The first-order valence-corrected chi connectivity index (χ1v) is 6.71. The minimum absolute atomic E-state index is 0.219. The number of hydrogen-bond donors (Lipinski definition) is 1. The van der Waals surface area contributed by atoms with Gasteiger partial charge in [-0.2, -0.15) is 0 Å². The van der Waals surface area contributed by atoms with Crippen LogP contribution in [-0.4, -0.2) is 9.55 Å². The number of halogens is 2. The molecular weight excluding hydrogens is 332 g/mol. The molecule has 2 aromatic rings. The number of nitrogens with two attached hydrogens (primary N) is 1. The van der Waals surface area contributed by atoms with Crippen molar-refractivity contribution in [3.63, 3.8) is 0 Å². The summed E-state index contributed by atoms with van der Waals surface area (Å²) in [5, 5.41) is 0. The first-order valence-electron chi connectivity index (χ1n) is 5.63. The second kappa shape index (κ2) is 4.80. The third-order valence-electron chi connectivity index (χ3n) is 3.01. The standard InChI is InChI=1S/C12H15FIN3/c1-3-7(2)6-17-11-4-8(13)9(14)5-10(11)16-12(17)15/h4-5,7H,3,6H2,1-2H3,(H2,15,16). The molecule has 1 heterocycles. The molecule has 0 aliphatic rings. The largest absolute Gasteiger partial charge is 0.369 e. The van der Waals surface area contributed by atoms with Crippen LogP contribution in [0.25, 0.3) is 11.0 Å². The topological polar surface area (TPSA) is 43.8 Å². The van der Waals surface area contributed by atoms with Crippen LogP contribution in [0.1, 0.15) is 20.3 Å². The Hall–Kier alpha value is -0.850. The van der Waals surface area contributed by atoms with Crippen molar-refractivity contribution in [3.05, 3.63) is 21.5 Å². The van der Waals surface area contributed by atoms with E-state index in [-0.39, 0.29) is 5.82 Å². The van der Waals surface area contributed by atoms with E-state index in [0.717, 1.165) is 24.0 Å². The highest BCUT2D eigenvalue weighted by Crippen LogP contribution is 2.24. The fraction of sp³-hybridized carbons (Fsp3) is 0.417. The average molecular weight is 347 g/mol. The zero-order valence-electron chi connectivity index (χ0n) is 9.87. The van der Waals surface area contributed by atoms with E-state index in [4.69, 9.17) is 5.73 Å². The quantitative estimate of drug-likeness (QED) is 0.865. The SMILES string of the molecule is CCC(C)Cn1c(N)nc2cc(I)c(F)cc21. The van der Waals surface area contributed by atoms with Gasteiger partial charge < -0.3 is 10.3 Å². The minimum Gasteiger partial charge on any atom is -0.369 e. The fourth-order valence-electron chi connectivity index (χ4n) is 1.77. The van der Waals surface area contributed by atoms with Crippen LogP contribution >= 0.6 is 22.6 Å². The normalized spacial score (nSPS) is 13.2. The van der Waals surface area contributed by atoms with Crippen LogP contribution in [0.5, 0.6) is 0 Å². The van der Waals surface area contributed by atoms with Crippen molar-refractivity contribution >= 4 is 39.6 Å². The van der Waals surface area contributed by atoms with Gasteiger partial charge in [0.05, 0.1) is 14.6 Å². The van der Waals surface area contributed by atoms with Crippen LogP contribution in [0, 0.1) is 15.3 Å². The number of hydrogen-bond acceptors (Lipinski definition) is 2. The molecule has 0 fully saturated rings. The smallest absolute Gasteiger partial charge is 0.201 e. The third kappa shape index (κ3) is 2.38. The van der Waals surface area contributed by atoms with E-state index in [1.165, 1.54) is 6.07 Å². The summed E-state index contributed by atoms with van der Waals surface area (Å²) in [6.45, 7) is 5.05. The summed E-state index contributed by atoms with van der Waals surface area (Å²) in [7, 11) is 0. The highest BCUT2D eigenvalue weighted by atomic mass is 127. The third-order valence-corrected chi connectivity index (χ3v) is 3.84. The Morgan fingerprint density at radius 3 is 2.88 bits per heavy atom. The summed E-state index contributed by atoms with van der Waals surface area (Å²) in [5.41, 5.74) is 7.42. The Labute approximate surface area is 113 Å². The van der Waals surface area contributed by atoms with E-state index in [2.05, 4.69) is 18.8 Å². The Bertz CT molecular complexity index is 550. The summed E-state index contributed by atoms with van der Waals surface area (Å²) in [6, 6.07) is 3.25. The van der Waals surface area contributed by atoms with Crippen LogP contribution in [-0.2, 0) is 6.54 Å². The molecule has 1 aromatic carbocycles. The molecule has 0 aliphatic heterocycles. The molecule has 0 radical (unpaired) electrons. The summed E-state index contributed by atoms with van der Waals surface area (Å²) < 4.78 is 16.0. The van der Waals surface area contributed by atoms with Crippen molar-refractivity contribution in [3.8, 4) is 0 Å². The van der Waals surface area contributed by atoms with Crippen molar-refractivity contribution in [2.24, 2.45) is 5.92 Å². The Morgan fingerprint density at radius 2 is 2.24 bits per heavy atom. The number of nitrogen functional groups attached to an aromatic ring is 1. The molecule has 92 valence electrons. The van der Waals surface area contributed by atoms with Crippen LogP contribution in [0.2, 0.25) is 0 Å². The number of fused-ring (bicyclic) bond motifs is 1. The number of imidazole rings is 1. The second-order valence-electron chi connectivity index (χ2n) is 4.35. The molecule has 0 bridgehead atoms. The lowest BCUT2D eigenvalue weighted by Crippen LogP contribution is -2.09. The molecule has 0 saturated heterocycles. The number of aromatic nitrogens is 2. The van der Waals surface area contributed by atoms with Crippen LogP contribution in [0.4, 0.5) is 10.3 Å². The van der Waals surface area contributed by atoms with E-state index >= 15 is 0 Å². The van der Waals surface area contributed by atoms with Gasteiger partial charge in [-0.3, -0.25) is 0 Å². The lowest BCUT2D eigenvalue weighted by atomic mass is 10.1. The van der Waals surface area contributed by atoms with Crippen molar-refractivity contribution in [2.75, 3.05) is 5.73 Å². The molecule has 17 heavy (non-hydrogen) atoms. The van der Waals surface area contributed by atoms with Gasteiger partial charge in [-0.25, -0.2) is 9.37 Å². The number of anilines is 1. The lowest BCUT2D eigenvalue weighted by molar-refractivity contribution is 0.479. The van der Waals surface area contributed by atoms with E-state index in [9.17, 15) is 4.39 Å². The van der Waals surface area contributed by atoms with Crippen LogP contribution in [0.15, 0.2) is 12.1 Å². The monoisotopic (exact) mass is 347 g/mol. The molecule has 5 heteroatoms. The van der Waals surface area contributed by atoms with E-state index in [1.54, 1.807) is 6.07 Å². The van der Waals surface area contributed by atoms with Crippen molar-refractivity contribution in [2.45, 2.75) is 26.8 Å². The fourth-order valence-corrected chi connectivity index (χ4v) is 2.22. The van der Waals surface area contributed by atoms with Gasteiger partial charge in [-0.05, 0) is 34.6 Å². The van der Waals surface area contributed by atoms with E-state index < -0.39 is 0 Å². The van der Waals surface area contributed by atoms with Crippen molar-refractivity contribution < 1.29 is 4.39 Å². The van der Waals surface area contributed by atoms with Crippen molar-refractivity contribution in [1.82, 2.24) is 9.55 Å². The molecule has 0 amide bonds. The first kappa shape index (κ1) is 12.6. The average Bonchev–Trinajstić information content (AvgIpc) is 2.56. The maximum absolute atomic E-state index is 13.6. The number of rotatable bonds is 3. The summed E-state index contributed by atoms with van der Waals surface area (Å²) in [4.78, 5) is 4.27. The zero-order valence-corrected chi connectivity index (χ0v) is 12.0. The van der Waals surface area contributed by atoms with Gasteiger partial charge in [0.1, 0.15) is 5.82 Å². The van der Waals surface area contributed by atoms with Gasteiger partial charge >= 0.3 is 0 Å². The predicted octanol–water partition coefficient (Wildman–Crippen LogP) is 3.41. The lowest BCUT2D eigenvalue weighted by Gasteiger charge is -2.11. The van der Waals surface area contributed by atoms with Gasteiger partial charge in [0.15, 0.2) is 0 Å². The Balaban J connectivity index is 2.54. The molecule has 3 nitrogen and oxygen atoms in total. The summed E-state index contributed by atoms with van der Waals surface area (Å²) >= 11 is 1.96. The highest BCUT2D eigenvalue weighted by Gasteiger charge is 2.13. The number of benzene rings is 1. The molecule has 1 aromatic heterocycles. The first-order chi connectivity index (χ1) is 8.02.